The van der Waals surface area contributed by atoms with Crippen molar-refractivity contribution in [2.75, 3.05) is 5.32 Å². The lowest BCUT2D eigenvalue weighted by Gasteiger charge is -2.08. The van der Waals surface area contributed by atoms with Crippen LogP contribution in [0, 0.1) is 5.82 Å². The summed E-state index contributed by atoms with van der Waals surface area (Å²) in [4.78, 5) is 33.6. The Hall–Kier alpha value is -5.77. The highest BCUT2D eigenvalue weighted by Crippen LogP contribution is 2.34. The minimum Gasteiger partial charge on any atom is -0.336 e. The average Bonchev–Trinajstić information content (AvgIpc) is 3.61. The van der Waals surface area contributed by atoms with Crippen molar-refractivity contribution in [3.05, 3.63) is 109 Å². The van der Waals surface area contributed by atoms with Gasteiger partial charge in [0.1, 0.15) is 17.0 Å². The van der Waals surface area contributed by atoms with Gasteiger partial charge in [0.2, 0.25) is 0 Å². The molecule has 0 bridgehead atoms. The van der Waals surface area contributed by atoms with Gasteiger partial charge in [0, 0.05) is 58.5 Å². The van der Waals surface area contributed by atoms with E-state index in [0.717, 1.165) is 16.8 Å². The number of anilines is 1. The number of nitrogens with zero attached hydrogens (tertiary/aromatic N) is 5. The van der Waals surface area contributed by atoms with Crippen LogP contribution in [0.3, 0.4) is 0 Å². The Morgan fingerprint density at radius 1 is 0.825 bits per heavy atom. The monoisotopic (exact) mass is 526 g/mol. The van der Waals surface area contributed by atoms with Crippen molar-refractivity contribution in [3.63, 3.8) is 0 Å². The fourth-order valence-electron chi connectivity index (χ4n) is 4.66. The van der Waals surface area contributed by atoms with Gasteiger partial charge >= 0.3 is 0 Å². The first-order valence-corrected chi connectivity index (χ1v) is 12.4. The van der Waals surface area contributed by atoms with E-state index < -0.39 is 5.82 Å². The molecule has 3 N–H and O–H groups in total. The Morgan fingerprint density at radius 2 is 1.68 bits per heavy atom. The van der Waals surface area contributed by atoms with Crippen LogP contribution < -0.4 is 5.32 Å². The summed E-state index contributed by atoms with van der Waals surface area (Å²) in [5.41, 5.74) is 5.93. The molecule has 0 aliphatic carbocycles. The van der Waals surface area contributed by atoms with Crippen LogP contribution in [0.4, 0.5) is 10.1 Å². The molecule has 0 atom stereocenters. The van der Waals surface area contributed by atoms with Gasteiger partial charge in [-0.15, -0.1) is 0 Å². The molecule has 9 nitrogen and oxygen atoms in total. The smallest absolute Gasteiger partial charge is 0.255 e. The summed E-state index contributed by atoms with van der Waals surface area (Å²) in [7, 11) is 0. The molecule has 2 aromatic carbocycles. The number of carbonyl (C=O) groups excluding carboxylic acids is 1. The van der Waals surface area contributed by atoms with Gasteiger partial charge in [-0.2, -0.15) is 5.10 Å². The SMILES string of the molecule is O=C(Nc1cncc(-c2cc3c(-c4nc5c(-c6ccncc6)nccc5[nH]4)n[nH]c3cc2F)c1)c1ccccc1. The number of imidazole rings is 1. The largest absolute Gasteiger partial charge is 0.336 e. The molecule has 0 saturated carbocycles. The highest BCUT2D eigenvalue weighted by Gasteiger charge is 2.18. The van der Waals surface area contributed by atoms with Crippen molar-refractivity contribution < 1.29 is 9.18 Å². The number of benzene rings is 2. The molecule has 7 aromatic rings. The van der Waals surface area contributed by atoms with E-state index in [4.69, 9.17) is 4.98 Å². The molecule has 7 rings (SSSR count). The van der Waals surface area contributed by atoms with Gasteiger partial charge in [-0.3, -0.25) is 24.8 Å². The maximum atomic E-state index is 15.3. The fraction of sp³-hybridized carbons (Fsp3) is 0. The van der Waals surface area contributed by atoms with E-state index >= 15 is 4.39 Å². The van der Waals surface area contributed by atoms with Crippen LogP contribution in [0.1, 0.15) is 10.4 Å². The number of aromatic nitrogens is 7. The van der Waals surface area contributed by atoms with Crippen molar-refractivity contribution in [2.45, 2.75) is 0 Å². The first-order chi connectivity index (χ1) is 19.6. The van der Waals surface area contributed by atoms with Crippen LogP contribution in [0.5, 0.6) is 0 Å². The van der Waals surface area contributed by atoms with Gasteiger partial charge in [0.15, 0.2) is 5.82 Å². The molecule has 10 heteroatoms. The number of fused-ring (bicyclic) bond motifs is 2. The average molecular weight is 527 g/mol. The molecular weight excluding hydrogens is 507 g/mol. The van der Waals surface area contributed by atoms with Gasteiger partial charge < -0.3 is 10.3 Å². The first kappa shape index (κ1) is 23.4. The Morgan fingerprint density at radius 3 is 2.52 bits per heavy atom. The van der Waals surface area contributed by atoms with Gasteiger partial charge in [-0.1, -0.05) is 18.2 Å². The molecule has 0 aliphatic heterocycles. The van der Waals surface area contributed by atoms with E-state index in [2.05, 4.69) is 35.5 Å². The van der Waals surface area contributed by atoms with Crippen LogP contribution >= 0.6 is 0 Å². The van der Waals surface area contributed by atoms with Gasteiger partial charge in [-0.25, -0.2) is 9.37 Å². The van der Waals surface area contributed by atoms with Crippen LogP contribution in [0.25, 0.3) is 55.8 Å². The summed E-state index contributed by atoms with van der Waals surface area (Å²) in [6, 6.07) is 19.2. The predicted octanol–water partition coefficient (Wildman–Crippen LogP) is 6.02. The maximum Gasteiger partial charge on any atom is 0.255 e. The number of carbonyl (C=O) groups is 1. The fourth-order valence-corrected chi connectivity index (χ4v) is 4.66. The number of amides is 1. The number of pyridine rings is 3. The lowest BCUT2D eigenvalue weighted by atomic mass is 10.0. The number of hydrogen-bond donors (Lipinski definition) is 3. The Kier molecular flexibility index (Phi) is 5.56. The van der Waals surface area contributed by atoms with E-state index in [1.54, 1.807) is 61.2 Å². The number of nitrogens with one attached hydrogen (secondary N) is 3. The molecule has 0 aliphatic rings. The third-order valence-corrected chi connectivity index (χ3v) is 6.57. The second-order valence-corrected chi connectivity index (χ2v) is 9.11. The van der Waals surface area contributed by atoms with Crippen molar-refractivity contribution in [3.8, 4) is 33.9 Å². The molecule has 192 valence electrons. The second-order valence-electron chi connectivity index (χ2n) is 9.11. The number of H-pyrrole nitrogens is 2. The van der Waals surface area contributed by atoms with Gasteiger partial charge in [-0.05, 0) is 42.5 Å². The molecule has 40 heavy (non-hydrogen) atoms. The highest BCUT2D eigenvalue weighted by atomic mass is 19.1. The summed E-state index contributed by atoms with van der Waals surface area (Å²) < 4.78 is 15.3. The third-order valence-electron chi connectivity index (χ3n) is 6.57. The van der Waals surface area contributed by atoms with Crippen LogP contribution in [0.15, 0.2) is 97.7 Å². The lowest BCUT2D eigenvalue weighted by Crippen LogP contribution is -2.11. The third kappa shape index (κ3) is 4.13. The van der Waals surface area contributed by atoms with Crippen molar-refractivity contribution in [1.82, 2.24) is 35.1 Å². The van der Waals surface area contributed by atoms with E-state index in [1.165, 1.54) is 12.3 Å². The lowest BCUT2D eigenvalue weighted by molar-refractivity contribution is 0.102. The maximum absolute atomic E-state index is 15.3. The Labute approximate surface area is 226 Å². The van der Waals surface area contributed by atoms with Crippen LogP contribution in [-0.4, -0.2) is 41.0 Å². The van der Waals surface area contributed by atoms with E-state index in [1.807, 2.05) is 24.3 Å². The first-order valence-electron chi connectivity index (χ1n) is 12.4. The normalized spacial score (nSPS) is 11.2. The molecule has 0 spiro atoms. The second kappa shape index (κ2) is 9.52. The van der Waals surface area contributed by atoms with Gasteiger partial charge in [0.25, 0.3) is 5.91 Å². The topological polar surface area (TPSA) is 125 Å². The zero-order valence-electron chi connectivity index (χ0n) is 20.8. The van der Waals surface area contributed by atoms with E-state index in [9.17, 15) is 4.79 Å². The number of rotatable bonds is 5. The molecule has 0 saturated heterocycles. The van der Waals surface area contributed by atoms with Crippen LogP contribution in [0.2, 0.25) is 0 Å². The number of halogens is 1. The standard InChI is InChI=1S/C30H19FN8O/c31-23-14-25-22(13-21(23)19-12-20(16-33-15-19)35-30(40)18-4-2-1-3-5-18)27(39-38-25)29-36-24-8-11-34-26(28(24)37-29)17-6-9-32-10-7-17/h1-16H,(H,35,40)(H,36,37)(H,38,39). The summed E-state index contributed by atoms with van der Waals surface area (Å²) >= 11 is 0. The molecule has 5 aromatic heterocycles. The molecule has 0 unspecified atom stereocenters. The number of aromatic amines is 2. The van der Waals surface area contributed by atoms with Crippen molar-refractivity contribution in [1.29, 1.82) is 0 Å². The van der Waals surface area contributed by atoms with E-state index in [0.29, 0.717) is 50.3 Å². The molecule has 1 amide bonds. The molecular formula is C30H19FN8O. The molecule has 0 radical (unpaired) electrons. The Bertz CT molecular complexity index is 2020. The minimum absolute atomic E-state index is 0.280. The minimum atomic E-state index is -0.454. The predicted molar refractivity (Wildman–Crippen MR) is 150 cm³/mol. The zero-order chi connectivity index (χ0) is 27.1. The summed E-state index contributed by atoms with van der Waals surface area (Å²) in [6.45, 7) is 0. The highest BCUT2D eigenvalue weighted by molar-refractivity contribution is 6.04. The molecule has 0 fully saturated rings. The number of hydrogen-bond acceptors (Lipinski definition) is 6. The Balaban J connectivity index is 1.28. The summed E-state index contributed by atoms with van der Waals surface area (Å²) in [5.74, 6) is -0.216. The van der Waals surface area contributed by atoms with Crippen LogP contribution in [-0.2, 0) is 0 Å². The van der Waals surface area contributed by atoms with E-state index in [-0.39, 0.29) is 5.91 Å². The summed E-state index contributed by atoms with van der Waals surface area (Å²) in [5, 5.41) is 10.8. The van der Waals surface area contributed by atoms with Gasteiger partial charge in [0.05, 0.1) is 28.6 Å². The van der Waals surface area contributed by atoms with Crippen molar-refractivity contribution >= 4 is 33.5 Å². The quantitative estimate of drug-likeness (QED) is 0.252. The summed E-state index contributed by atoms with van der Waals surface area (Å²) in [6.07, 6.45) is 8.20. The zero-order valence-corrected chi connectivity index (χ0v) is 20.8. The van der Waals surface area contributed by atoms with Crippen molar-refractivity contribution in [2.24, 2.45) is 0 Å². The molecule has 5 heterocycles.